The topological polar surface area (TPSA) is 139 Å². The molecule has 0 aliphatic carbocycles. The van der Waals surface area contributed by atoms with Crippen LogP contribution in [0.5, 0.6) is 0 Å². The standard InChI is InChI=1S/C28H34IN3O7/c1-17(2)25-19(4)9-10-23(34)30-11-5-7-18(3)14-28(29,37)15-20(33)13-24-31-21(16-38-24)26(35)32-12-6-8-22(32)27(36)39-25/h5,7-10,14,16-17,19,25,37H,6,11-13,15H2,1-4H3,(H,30,34)/b7-5?,10-9+,18-14?/t19?,25-,28-/m1/s1. The third-order valence-corrected chi connectivity index (χ3v) is 6.89. The number of cyclic esters (lactones) is 1. The highest BCUT2D eigenvalue weighted by atomic mass is 127. The number of nitrogens with one attached hydrogen (secondary N) is 1. The highest BCUT2D eigenvalue weighted by Crippen LogP contribution is 2.26. The van der Waals surface area contributed by atoms with Gasteiger partial charge in [-0.2, -0.15) is 0 Å². The van der Waals surface area contributed by atoms with Crippen LogP contribution in [0.2, 0.25) is 0 Å². The molecule has 2 N–H and O–H groups in total. The number of oxazole rings is 1. The van der Waals surface area contributed by atoms with Crippen molar-refractivity contribution in [2.75, 3.05) is 13.1 Å². The second-order valence-electron chi connectivity index (χ2n) is 10.0. The van der Waals surface area contributed by atoms with Crippen LogP contribution in [-0.2, 0) is 25.5 Å². The van der Waals surface area contributed by atoms with Gasteiger partial charge in [-0.25, -0.2) is 9.78 Å². The summed E-state index contributed by atoms with van der Waals surface area (Å²) in [5.74, 6) is -2.12. The Morgan fingerprint density at radius 3 is 2.69 bits per heavy atom. The van der Waals surface area contributed by atoms with Crippen LogP contribution in [0.25, 0.3) is 0 Å². The van der Waals surface area contributed by atoms with Gasteiger partial charge in [-0.15, -0.1) is 0 Å². The lowest BCUT2D eigenvalue weighted by atomic mass is 9.94. The quantitative estimate of drug-likeness (QED) is 0.268. The molecular formula is C28H34IN3O7. The molecule has 2 aliphatic heterocycles. The summed E-state index contributed by atoms with van der Waals surface area (Å²) in [6.45, 7) is 7.98. The Balaban J connectivity index is 1.89. The van der Waals surface area contributed by atoms with Crippen molar-refractivity contribution in [1.29, 1.82) is 0 Å². The lowest BCUT2D eigenvalue weighted by Gasteiger charge is -2.27. The average Bonchev–Trinajstić information content (AvgIpc) is 3.51. The first-order valence-corrected chi connectivity index (χ1v) is 13.9. The number of hydrogen-bond donors (Lipinski definition) is 2. The van der Waals surface area contributed by atoms with Crippen LogP contribution in [0.3, 0.4) is 0 Å². The molecule has 3 rings (SSSR count). The number of fused-ring (bicyclic) bond motifs is 3. The second-order valence-corrected chi connectivity index (χ2v) is 11.9. The van der Waals surface area contributed by atoms with Gasteiger partial charge in [0.15, 0.2) is 5.69 Å². The fourth-order valence-corrected chi connectivity index (χ4v) is 5.31. The predicted octanol–water partition coefficient (Wildman–Crippen LogP) is 3.42. The number of ether oxygens (including phenoxy) is 1. The third kappa shape index (κ3) is 8.72. The summed E-state index contributed by atoms with van der Waals surface area (Å²) in [6, 6.07) is 0. The molecule has 1 unspecified atom stereocenters. The molecule has 0 saturated heterocycles. The fourth-order valence-electron chi connectivity index (χ4n) is 4.40. The zero-order valence-corrected chi connectivity index (χ0v) is 24.6. The van der Waals surface area contributed by atoms with Crippen molar-refractivity contribution in [3.63, 3.8) is 0 Å². The number of esters is 1. The molecule has 2 aliphatic rings. The normalized spacial score (nSPS) is 27.0. The Kier molecular flexibility index (Phi) is 10.4. The first-order valence-electron chi connectivity index (χ1n) is 12.8. The van der Waals surface area contributed by atoms with E-state index in [1.165, 1.54) is 11.0 Å². The minimum absolute atomic E-state index is 0.0369. The summed E-state index contributed by atoms with van der Waals surface area (Å²) >= 11 is 1.78. The summed E-state index contributed by atoms with van der Waals surface area (Å²) in [6.07, 6.45) is 10.4. The highest BCUT2D eigenvalue weighted by molar-refractivity contribution is 14.1. The van der Waals surface area contributed by atoms with Crippen LogP contribution in [0.4, 0.5) is 0 Å². The second kappa shape index (κ2) is 13.3. The van der Waals surface area contributed by atoms with Gasteiger partial charge < -0.3 is 24.5 Å². The molecule has 1 aromatic rings. The Morgan fingerprint density at radius 2 is 1.97 bits per heavy atom. The van der Waals surface area contributed by atoms with Crippen LogP contribution in [0.1, 0.15) is 56.9 Å². The van der Waals surface area contributed by atoms with Crippen LogP contribution in [0.15, 0.2) is 58.4 Å². The van der Waals surface area contributed by atoms with Gasteiger partial charge in [0.2, 0.25) is 11.8 Å². The molecule has 39 heavy (non-hydrogen) atoms. The number of alkyl halides is 1. The Hall–Kier alpha value is -3.06. The predicted molar refractivity (Wildman–Crippen MR) is 151 cm³/mol. The monoisotopic (exact) mass is 651 g/mol. The van der Waals surface area contributed by atoms with Crippen molar-refractivity contribution in [1.82, 2.24) is 15.2 Å². The molecule has 0 fully saturated rings. The number of allylic oxidation sites excluding steroid dienone is 2. The summed E-state index contributed by atoms with van der Waals surface area (Å²) in [5.41, 5.74) is 0.782. The summed E-state index contributed by atoms with van der Waals surface area (Å²) in [5, 5.41) is 13.4. The lowest BCUT2D eigenvalue weighted by molar-refractivity contribution is -0.149. The summed E-state index contributed by atoms with van der Waals surface area (Å²) in [4.78, 5) is 56.7. The van der Waals surface area contributed by atoms with Crippen LogP contribution < -0.4 is 5.32 Å². The maximum atomic E-state index is 13.2. The number of Topliss-reactive ketones (excluding diaryl/α,β-unsaturated/α-hetero) is 1. The molecule has 0 radical (unpaired) electrons. The van der Waals surface area contributed by atoms with E-state index in [0.29, 0.717) is 12.0 Å². The Morgan fingerprint density at radius 1 is 1.23 bits per heavy atom. The van der Waals surface area contributed by atoms with Crippen molar-refractivity contribution in [2.45, 2.75) is 56.7 Å². The van der Waals surface area contributed by atoms with Gasteiger partial charge >= 0.3 is 5.97 Å². The van der Waals surface area contributed by atoms with E-state index in [1.807, 2.05) is 20.8 Å². The minimum atomic E-state index is -1.45. The van der Waals surface area contributed by atoms with Gasteiger partial charge in [0.05, 0.1) is 6.42 Å². The number of carbonyl (C=O) groups excluding carboxylic acids is 4. The molecule has 1 aromatic heterocycles. The number of nitrogens with zero attached hydrogens (tertiary/aromatic N) is 2. The zero-order chi connectivity index (χ0) is 28.7. The Bertz CT molecular complexity index is 1230. The van der Waals surface area contributed by atoms with E-state index in [0.717, 1.165) is 6.26 Å². The van der Waals surface area contributed by atoms with Crippen LogP contribution in [-0.4, -0.2) is 61.4 Å². The van der Waals surface area contributed by atoms with Crippen molar-refractivity contribution >= 4 is 46.2 Å². The number of ketones is 1. The maximum Gasteiger partial charge on any atom is 0.355 e. The minimum Gasteiger partial charge on any atom is -0.457 e. The maximum absolute atomic E-state index is 13.2. The molecule has 0 saturated carbocycles. The van der Waals surface area contributed by atoms with E-state index in [9.17, 15) is 24.3 Å². The summed E-state index contributed by atoms with van der Waals surface area (Å²) < 4.78 is 9.73. The highest BCUT2D eigenvalue weighted by Gasteiger charge is 2.34. The molecule has 0 spiro atoms. The number of rotatable bonds is 1. The molecule has 0 aromatic carbocycles. The molecule has 2 amide bonds. The molecule has 3 atom stereocenters. The van der Waals surface area contributed by atoms with Crippen molar-refractivity contribution in [2.24, 2.45) is 11.8 Å². The number of halogens is 1. The summed E-state index contributed by atoms with van der Waals surface area (Å²) in [7, 11) is 0. The lowest BCUT2D eigenvalue weighted by Crippen LogP contribution is -2.36. The smallest absolute Gasteiger partial charge is 0.355 e. The van der Waals surface area contributed by atoms with E-state index in [4.69, 9.17) is 9.15 Å². The van der Waals surface area contributed by atoms with Crippen LogP contribution >= 0.6 is 22.6 Å². The van der Waals surface area contributed by atoms with Gasteiger partial charge in [-0.3, -0.25) is 14.4 Å². The number of carbonyl (C=O) groups is 4. The van der Waals surface area contributed by atoms with E-state index in [-0.39, 0.29) is 66.7 Å². The number of hydrogen-bond acceptors (Lipinski definition) is 8. The van der Waals surface area contributed by atoms with Gasteiger partial charge in [-0.1, -0.05) is 50.6 Å². The molecule has 11 heteroatoms. The average molecular weight is 651 g/mol. The van der Waals surface area contributed by atoms with Crippen LogP contribution in [0, 0.1) is 11.8 Å². The number of aromatic nitrogens is 1. The molecule has 3 heterocycles. The third-order valence-electron chi connectivity index (χ3n) is 6.19. The number of amides is 2. The molecule has 2 bridgehead atoms. The molecule has 210 valence electrons. The van der Waals surface area contributed by atoms with Gasteiger partial charge in [0.1, 0.15) is 27.5 Å². The molecule has 10 nitrogen and oxygen atoms in total. The van der Waals surface area contributed by atoms with E-state index in [2.05, 4.69) is 10.3 Å². The molecular weight excluding hydrogens is 617 g/mol. The Labute approximate surface area is 241 Å². The number of aliphatic hydroxyl groups is 1. The van der Waals surface area contributed by atoms with Crippen molar-refractivity contribution in [3.05, 3.63) is 65.6 Å². The fraction of sp³-hybridized carbons (Fsp3) is 0.464. The van der Waals surface area contributed by atoms with E-state index in [1.54, 1.807) is 59.9 Å². The van der Waals surface area contributed by atoms with Gasteiger partial charge in [0.25, 0.3) is 5.91 Å². The van der Waals surface area contributed by atoms with E-state index < -0.39 is 21.6 Å². The largest absolute Gasteiger partial charge is 0.457 e. The van der Waals surface area contributed by atoms with Crippen molar-refractivity contribution < 1.29 is 33.4 Å². The van der Waals surface area contributed by atoms with Gasteiger partial charge in [-0.05, 0) is 54.0 Å². The van der Waals surface area contributed by atoms with Crippen molar-refractivity contribution in [3.8, 4) is 0 Å². The SMILES string of the molecule is CC1=C[C@](O)(I)CC(=O)Cc2nc(co2)C(=O)N2CCC=C2C(=O)O[C@H](C(C)C)C(C)/C=C/C(=O)NCC=C1. The first kappa shape index (κ1) is 30.5. The zero-order valence-electron chi connectivity index (χ0n) is 22.5. The van der Waals surface area contributed by atoms with E-state index >= 15 is 0 Å². The van der Waals surface area contributed by atoms with Gasteiger partial charge in [0, 0.05) is 25.4 Å². The first-order chi connectivity index (χ1) is 18.4.